The summed E-state index contributed by atoms with van der Waals surface area (Å²) in [7, 11) is -1.06. The van der Waals surface area contributed by atoms with Crippen LogP contribution in [0.3, 0.4) is 0 Å². The predicted octanol–water partition coefficient (Wildman–Crippen LogP) is 5.15. The summed E-state index contributed by atoms with van der Waals surface area (Å²) in [6, 6.07) is 21.5. The Hall–Kier alpha value is -1.76. The standard InChI is InChI=1S/C30H44O4Si/c1-8-19-30(6,33-22-32-7)27-20-28(23(2)26(27)21-31)34-35(29(3,4)5,24-15-11-9-12-16-24)25-17-13-10-14-18-25/h8-18,23,26-28,31H,1,19-22H2,2-7H3/t23-,26-,27+,28+,30+/m1/s1. The maximum absolute atomic E-state index is 10.5. The van der Waals surface area contributed by atoms with Crippen LogP contribution >= 0.6 is 0 Å². The van der Waals surface area contributed by atoms with Crippen molar-refractivity contribution in [2.24, 2.45) is 17.8 Å². The van der Waals surface area contributed by atoms with Gasteiger partial charge in [0.25, 0.3) is 8.32 Å². The van der Waals surface area contributed by atoms with Gasteiger partial charge in [-0.3, -0.25) is 0 Å². The molecule has 35 heavy (non-hydrogen) atoms. The van der Waals surface area contributed by atoms with Gasteiger partial charge in [-0.05, 0) is 52.9 Å². The number of hydrogen-bond acceptors (Lipinski definition) is 4. The fraction of sp³-hybridized carbons (Fsp3) is 0.533. The Morgan fingerprint density at radius 3 is 1.97 bits per heavy atom. The Labute approximate surface area is 213 Å². The zero-order chi connectivity index (χ0) is 25.7. The van der Waals surface area contributed by atoms with Gasteiger partial charge in [0.2, 0.25) is 0 Å². The molecule has 2 aromatic carbocycles. The van der Waals surface area contributed by atoms with Gasteiger partial charge in [-0.15, -0.1) is 6.58 Å². The summed E-state index contributed by atoms with van der Waals surface area (Å²) < 4.78 is 19.0. The third kappa shape index (κ3) is 5.49. The fourth-order valence-electron chi connectivity index (χ4n) is 6.15. The second-order valence-corrected chi connectivity index (χ2v) is 15.5. The van der Waals surface area contributed by atoms with Gasteiger partial charge in [0, 0.05) is 19.8 Å². The molecule has 0 saturated heterocycles. The Morgan fingerprint density at radius 1 is 1.00 bits per heavy atom. The third-order valence-electron chi connectivity index (χ3n) is 8.06. The van der Waals surface area contributed by atoms with E-state index in [0.29, 0.717) is 6.42 Å². The molecule has 2 aromatic rings. The van der Waals surface area contributed by atoms with E-state index in [4.69, 9.17) is 13.9 Å². The van der Waals surface area contributed by atoms with E-state index in [2.05, 4.69) is 102 Å². The van der Waals surface area contributed by atoms with E-state index in [1.54, 1.807) is 7.11 Å². The Bertz CT molecular complexity index is 887. The summed E-state index contributed by atoms with van der Waals surface area (Å²) >= 11 is 0. The zero-order valence-electron chi connectivity index (χ0n) is 22.4. The van der Waals surface area contributed by atoms with Crippen molar-refractivity contribution < 1.29 is 19.0 Å². The molecule has 1 aliphatic rings. The first kappa shape index (κ1) is 27.8. The van der Waals surface area contributed by atoms with Crippen LogP contribution in [-0.4, -0.2) is 45.6 Å². The maximum Gasteiger partial charge on any atom is 0.261 e. The SMILES string of the molecule is C=CC[C@](C)(OCOC)[C@H]1C[C@H](O[Si](c2ccccc2)(c2ccccc2)C(C)(C)C)[C@H](C)[C@H]1CO. The number of methoxy groups -OCH3 is 1. The van der Waals surface area contributed by atoms with Crippen LogP contribution in [0.25, 0.3) is 0 Å². The lowest BCUT2D eigenvalue weighted by atomic mass is 9.77. The van der Waals surface area contributed by atoms with Crippen molar-refractivity contribution in [2.75, 3.05) is 20.5 Å². The highest BCUT2D eigenvalue weighted by atomic mass is 28.4. The molecular weight excluding hydrogens is 452 g/mol. The van der Waals surface area contributed by atoms with Crippen molar-refractivity contribution in [1.82, 2.24) is 0 Å². The smallest absolute Gasteiger partial charge is 0.261 e. The molecule has 0 aromatic heterocycles. The van der Waals surface area contributed by atoms with Crippen LogP contribution in [0, 0.1) is 17.8 Å². The van der Waals surface area contributed by atoms with Crippen molar-refractivity contribution in [1.29, 1.82) is 0 Å². The van der Waals surface area contributed by atoms with Gasteiger partial charge >= 0.3 is 0 Å². The topological polar surface area (TPSA) is 47.9 Å². The number of benzene rings is 2. The molecule has 192 valence electrons. The van der Waals surface area contributed by atoms with Crippen molar-refractivity contribution in [2.45, 2.75) is 64.2 Å². The van der Waals surface area contributed by atoms with Crippen LogP contribution in [0.15, 0.2) is 73.3 Å². The van der Waals surface area contributed by atoms with Gasteiger partial charge in [0.1, 0.15) is 6.79 Å². The number of ether oxygens (including phenoxy) is 2. The first-order chi connectivity index (χ1) is 16.6. The lowest BCUT2D eigenvalue weighted by Crippen LogP contribution is -2.68. The lowest BCUT2D eigenvalue weighted by Gasteiger charge is -2.45. The molecular formula is C30H44O4Si. The average Bonchev–Trinajstić information content (AvgIpc) is 3.17. The molecule has 1 fully saturated rings. The van der Waals surface area contributed by atoms with E-state index in [9.17, 15) is 5.11 Å². The van der Waals surface area contributed by atoms with Crippen LogP contribution in [0.2, 0.25) is 5.04 Å². The van der Waals surface area contributed by atoms with E-state index in [-0.39, 0.29) is 42.3 Å². The number of aliphatic hydroxyl groups is 1. The van der Waals surface area contributed by atoms with Gasteiger partial charge in [-0.2, -0.15) is 0 Å². The van der Waals surface area contributed by atoms with Gasteiger partial charge in [-0.1, -0.05) is 94.4 Å². The van der Waals surface area contributed by atoms with E-state index in [1.165, 1.54) is 10.4 Å². The van der Waals surface area contributed by atoms with E-state index < -0.39 is 13.9 Å². The van der Waals surface area contributed by atoms with Crippen LogP contribution in [-0.2, 0) is 13.9 Å². The van der Waals surface area contributed by atoms with Crippen molar-refractivity contribution in [3.05, 3.63) is 73.3 Å². The molecule has 3 rings (SSSR count). The van der Waals surface area contributed by atoms with Gasteiger partial charge in [0.15, 0.2) is 0 Å². The molecule has 5 atom stereocenters. The first-order valence-corrected chi connectivity index (χ1v) is 14.7. The summed E-state index contributed by atoms with van der Waals surface area (Å²) in [6.45, 7) is 15.6. The van der Waals surface area contributed by atoms with Crippen molar-refractivity contribution in [3.63, 3.8) is 0 Å². The minimum atomic E-state index is -2.70. The normalized spacial score (nSPS) is 24.8. The molecule has 1 saturated carbocycles. The van der Waals surface area contributed by atoms with Crippen LogP contribution in [0.1, 0.15) is 47.5 Å². The highest BCUT2D eigenvalue weighted by Gasteiger charge is 2.56. The van der Waals surface area contributed by atoms with Crippen molar-refractivity contribution >= 4 is 18.7 Å². The first-order valence-electron chi connectivity index (χ1n) is 12.8. The molecule has 0 bridgehead atoms. The zero-order valence-corrected chi connectivity index (χ0v) is 23.4. The van der Waals surface area contributed by atoms with Gasteiger partial charge < -0.3 is 19.0 Å². The molecule has 0 amide bonds. The highest BCUT2D eigenvalue weighted by molar-refractivity contribution is 6.99. The molecule has 0 spiro atoms. The number of rotatable bonds is 11. The molecule has 1 aliphatic carbocycles. The molecule has 0 unspecified atom stereocenters. The Morgan fingerprint density at radius 2 is 1.54 bits per heavy atom. The lowest BCUT2D eigenvalue weighted by molar-refractivity contribution is -0.156. The van der Waals surface area contributed by atoms with E-state index in [0.717, 1.165) is 6.42 Å². The van der Waals surface area contributed by atoms with E-state index in [1.807, 2.05) is 6.08 Å². The minimum absolute atomic E-state index is 0.00117. The fourth-order valence-corrected chi connectivity index (χ4v) is 10.9. The third-order valence-corrected chi connectivity index (χ3v) is 13.1. The Balaban J connectivity index is 2.09. The quantitative estimate of drug-likeness (QED) is 0.265. The van der Waals surface area contributed by atoms with Gasteiger partial charge in [-0.25, -0.2) is 0 Å². The minimum Gasteiger partial charge on any atom is -0.404 e. The molecule has 1 N–H and O–H groups in total. The Kier molecular flexibility index (Phi) is 9.16. The highest BCUT2D eigenvalue weighted by Crippen LogP contribution is 2.49. The second-order valence-electron chi connectivity index (χ2n) is 11.2. The molecule has 5 heteroatoms. The summed E-state index contributed by atoms with van der Waals surface area (Å²) in [4.78, 5) is 0. The summed E-state index contributed by atoms with van der Waals surface area (Å²) in [5.41, 5.74) is -0.483. The molecule has 0 radical (unpaired) electrons. The van der Waals surface area contributed by atoms with Crippen molar-refractivity contribution in [3.8, 4) is 0 Å². The summed E-state index contributed by atoms with van der Waals surface area (Å²) in [5, 5.41) is 13.0. The second kappa shape index (κ2) is 11.5. The molecule has 0 aliphatic heterocycles. The van der Waals surface area contributed by atoms with Crippen LogP contribution in [0.4, 0.5) is 0 Å². The summed E-state index contributed by atoms with van der Waals surface area (Å²) in [5.74, 6) is 0.376. The number of aliphatic hydroxyl groups excluding tert-OH is 1. The predicted molar refractivity (Wildman–Crippen MR) is 147 cm³/mol. The monoisotopic (exact) mass is 496 g/mol. The number of hydrogen-bond donors (Lipinski definition) is 1. The summed E-state index contributed by atoms with van der Waals surface area (Å²) in [6.07, 6.45) is 3.42. The molecule has 0 heterocycles. The van der Waals surface area contributed by atoms with Crippen LogP contribution in [0.5, 0.6) is 0 Å². The van der Waals surface area contributed by atoms with Crippen LogP contribution < -0.4 is 10.4 Å². The van der Waals surface area contributed by atoms with Gasteiger partial charge in [0.05, 0.1) is 5.60 Å². The molecule has 4 nitrogen and oxygen atoms in total. The maximum atomic E-state index is 10.5. The largest absolute Gasteiger partial charge is 0.404 e. The average molecular weight is 497 g/mol. The van der Waals surface area contributed by atoms with E-state index >= 15 is 0 Å².